The average Bonchev–Trinajstić information content (AvgIpc) is 2.91. The second kappa shape index (κ2) is 14.2. The van der Waals surface area contributed by atoms with Crippen molar-refractivity contribution in [2.75, 3.05) is 6.54 Å². The topological polar surface area (TPSA) is 108 Å². The van der Waals surface area contributed by atoms with Crippen molar-refractivity contribution in [1.29, 1.82) is 0 Å². The molecule has 0 spiro atoms. The monoisotopic (exact) mass is 545 g/mol. The van der Waals surface area contributed by atoms with Gasteiger partial charge in [-0.05, 0) is 56.0 Å². The normalized spacial score (nSPS) is 12.6. The van der Waals surface area contributed by atoms with Crippen LogP contribution in [0.1, 0.15) is 56.8 Å². The Bertz CT molecular complexity index is 1260. The number of nitrogens with zero attached hydrogens (tertiary/aromatic N) is 1. The molecule has 8 heteroatoms. The molecule has 3 N–H and O–H groups in total. The highest BCUT2D eigenvalue weighted by Crippen LogP contribution is 2.26. The molecule has 0 bridgehead atoms. The minimum atomic E-state index is -1.04. The molecule has 0 radical (unpaired) electrons. The number of hydrogen-bond acceptors (Lipinski definition) is 5. The number of phenolic OH excluding ortho intramolecular Hbond substituents is 1. The van der Waals surface area contributed by atoms with Gasteiger partial charge >= 0.3 is 6.09 Å². The first-order valence-corrected chi connectivity index (χ1v) is 13.5. The molecule has 8 nitrogen and oxygen atoms in total. The molecule has 0 saturated heterocycles. The van der Waals surface area contributed by atoms with Crippen molar-refractivity contribution in [2.45, 2.75) is 64.8 Å². The second-order valence-electron chi connectivity index (χ2n) is 10.6. The molecule has 2 atom stereocenters. The molecule has 3 rings (SSSR count). The van der Waals surface area contributed by atoms with Gasteiger partial charge in [-0.2, -0.15) is 0 Å². The maximum Gasteiger partial charge on any atom is 0.408 e. The number of alkyl carbamates (subject to hydrolysis) is 1. The lowest BCUT2D eigenvalue weighted by Gasteiger charge is -2.34. The van der Waals surface area contributed by atoms with Crippen LogP contribution in [-0.4, -0.2) is 46.1 Å². The van der Waals surface area contributed by atoms with Gasteiger partial charge < -0.3 is 25.4 Å². The number of rotatable bonds is 11. The lowest BCUT2D eigenvalue weighted by molar-refractivity contribution is -0.142. The van der Waals surface area contributed by atoms with E-state index in [1.54, 1.807) is 32.9 Å². The Labute approximate surface area is 236 Å². The zero-order valence-corrected chi connectivity index (χ0v) is 23.6. The standard InChI is InChI=1S/C32H39N3O5/c1-5-19-35(30(38)27(20-23-13-8-6-9-14-23)34-31(39)40-32(2,3)4)28(25-17-12-18-26(36)21-25)29(37)33-22-24-15-10-7-11-16-24/h6-18,21,27-28,36H,5,19-20,22H2,1-4H3,(H,33,37)(H,34,39). The van der Waals surface area contributed by atoms with Crippen LogP contribution in [-0.2, 0) is 27.3 Å². The van der Waals surface area contributed by atoms with Crippen LogP contribution in [0.5, 0.6) is 5.75 Å². The van der Waals surface area contributed by atoms with Gasteiger partial charge in [0, 0.05) is 19.5 Å². The van der Waals surface area contributed by atoms with E-state index < -0.39 is 35.6 Å². The second-order valence-corrected chi connectivity index (χ2v) is 10.6. The van der Waals surface area contributed by atoms with Crippen molar-refractivity contribution >= 4 is 17.9 Å². The molecule has 212 valence electrons. The predicted molar refractivity (Wildman–Crippen MR) is 154 cm³/mol. The summed E-state index contributed by atoms with van der Waals surface area (Å²) in [6, 6.07) is 23.1. The Hall–Kier alpha value is -4.33. The maximum atomic E-state index is 14.2. The van der Waals surface area contributed by atoms with Gasteiger partial charge in [0.1, 0.15) is 23.4 Å². The van der Waals surface area contributed by atoms with Crippen molar-refractivity contribution < 1.29 is 24.2 Å². The number of carbonyl (C=O) groups excluding carboxylic acids is 3. The van der Waals surface area contributed by atoms with Gasteiger partial charge in [0.05, 0.1) is 0 Å². The van der Waals surface area contributed by atoms with E-state index in [9.17, 15) is 19.5 Å². The van der Waals surface area contributed by atoms with E-state index >= 15 is 0 Å². The Morgan fingerprint density at radius 3 is 2.10 bits per heavy atom. The lowest BCUT2D eigenvalue weighted by Crippen LogP contribution is -2.54. The van der Waals surface area contributed by atoms with Crippen LogP contribution in [0.15, 0.2) is 84.9 Å². The summed E-state index contributed by atoms with van der Waals surface area (Å²) in [6.45, 7) is 7.68. The van der Waals surface area contributed by atoms with E-state index in [1.807, 2.05) is 67.6 Å². The number of hydrogen-bond donors (Lipinski definition) is 3. The minimum absolute atomic E-state index is 0.0185. The van der Waals surface area contributed by atoms with E-state index in [0.29, 0.717) is 12.0 Å². The summed E-state index contributed by atoms with van der Waals surface area (Å²) in [4.78, 5) is 42.2. The SMILES string of the molecule is CCCN(C(=O)C(Cc1ccccc1)NC(=O)OC(C)(C)C)C(C(=O)NCc1ccccc1)c1cccc(O)c1. The van der Waals surface area contributed by atoms with Gasteiger partial charge in [-0.3, -0.25) is 9.59 Å². The molecule has 0 fully saturated rings. The highest BCUT2D eigenvalue weighted by molar-refractivity contribution is 5.92. The minimum Gasteiger partial charge on any atom is -0.508 e. The van der Waals surface area contributed by atoms with Gasteiger partial charge in [0.25, 0.3) is 0 Å². The Kier molecular flexibility index (Phi) is 10.7. The Balaban J connectivity index is 1.97. The zero-order chi connectivity index (χ0) is 29.1. The molecular weight excluding hydrogens is 506 g/mol. The third-order valence-electron chi connectivity index (χ3n) is 6.07. The van der Waals surface area contributed by atoms with Crippen LogP contribution in [0.3, 0.4) is 0 Å². The number of ether oxygens (including phenoxy) is 1. The van der Waals surface area contributed by atoms with Crippen molar-refractivity contribution in [2.24, 2.45) is 0 Å². The molecule has 40 heavy (non-hydrogen) atoms. The summed E-state index contributed by atoms with van der Waals surface area (Å²) in [5.74, 6) is -0.846. The van der Waals surface area contributed by atoms with E-state index in [0.717, 1.165) is 11.1 Å². The highest BCUT2D eigenvalue weighted by atomic mass is 16.6. The van der Waals surface area contributed by atoms with Crippen LogP contribution in [0.2, 0.25) is 0 Å². The van der Waals surface area contributed by atoms with Crippen molar-refractivity contribution in [1.82, 2.24) is 15.5 Å². The Morgan fingerprint density at radius 2 is 1.52 bits per heavy atom. The third-order valence-corrected chi connectivity index (χ3v) is 6.07. The fourth-order valence-corrected chi connectivity index (χ4v) is 4.36. The molecule has 3 aromatic carbocycles. The largest absolute Gasteiger partial charge is 0.508 e. The van der Waals surface area contributed by atoms with Gasteiger partial charge in [-0.25, -0.2) is 4.79 Å². The summed E-state index contributed by atoms with van der Waals surface area (Å²) in [5.41, 5.74) is 1.46. The molecule has 0 heterocycles. The van der Waals surface area contributed by atoms with Gasteiger partial charge in [-0.15, -0.1) is 0 Å². The van der Waals surface area contributed by atoms with E-state index in [1.165, 1.54) is 17.0 Å². The first kappa shape index (κ1) is 30.2. The molecule has 3 aromatic rings. The summed E-state index contributed by atoms with van der Waals surface area (Å²) in [5, 5.41) is 15.9. The molecule has 3 amide bonds. The molecule has 0 aliphatic heterocycles. The summed E-state index contributed by atoms with van der Waals surface area (Å²) in [6.07, 6.45) is 0.0513. The van der Waals surface area contributed by atoms with Gasteiger partial charge in [-0.1, -0.05) is 79.7 Å². The zero-order valence-electron chi connectivity index (χ0n) is 23.6. The average molecular weight is 546 g/mol. The van der Waals surface area contributed by atoms with Crippen molar-refractivity contribution in [3.63, 3.8) is 0 Å². The van der Waals surface area contributed by atoms with Crippen LogP contribution in [0.4, 0.5) is 4.79 Å². The number of nitrogens with one attached hydrogen (secondary N) is 2. The number of benzene rings is 3. The van der Waals surface area contributed by atoms with Crippen LogP contribution in [0.25, 0.3) is 0 Å². The predicted octanol–water partition coefficient (Wildman–Crippen LogP) is 5.12. The lowest BCUT2D eigenvalue weighted by atomic mass is 9.99. The van der Waals surface area contributed by atoms with Gasteiger partial charge in [0.15, 0.2) is 0 Å². The number of phenols is 1. The summed E-state index contributed by atoms with van der Waals surface area (Å²) < 4.78 is 5.46. The van der Waals surface area contributed by atoms with Crippen LogP contribution < -0.4 is 10.6 Å². The molecule has 0 aliphatic rings. The number of amides is 3. The number of carbonyl (C=O) groups is 3. The summed E-state index contributed by atoms with van der Waals surface area (Å²) >= 11 is 0. The van der Waals surface area contributed by atoms with Crippen molar-refractivity contribution in [3.8, 4) is 5.75 Å². The smallest absolute Gasteiger partial charge is 0.408 e. The Morgan fingerprint density at radius 1 is 0.900 bits per heavy atom. The van der Waals surface area contributed by atoms with Crippen LogP contribution >= 0.6 is 0 Å². The number of aromatic hydroxyl groups is 1. The van der Waals surface area contributed by atoms with Gasteiger partial charge in [0.2, 0.25) is 11.8 Å². The van der Waals surface area contributed by atoms with Crippen LogP contribution in [0, 0.1) is 0 Å². The first-order valence-electron chi connectivity index (χ1n) is 13.5. The molecule has 0 aromatic heterocycles. The third kappa shape index (κ3) is 9.15. The van der Waals surface area contributed by atoms with E-state index in [4.69, 9.17) is 4.74 Å². The molecule has 0 saturated carbocycles. The molecule has 2 unspecified atom stereocenters. The van der Waals surface area contributed by atoms with Crippen molar-refractivity contribution in [3.05, 3.63) is 102 Å². The summed E-state index contributed by atoms with van der Waals surface area (Å²) in [7, 11) is 0. The van der Waals surface area contributed by atoms with E-state index in [-0.39, 0.29) is 25.3 Å². The quantitative estimate of drug-likeness (QED) is 0.310. The molecular formula is C32H39N3O5. The van der Waals surface area contributed by atoms with E-state index in [2.05, 4.69) is 10.6 Å². The molecule has 0 aliphatic carbocycles. The maximum absolute atomic E-state index is 14.2. The fraction of sp³-hybridized carbons (Fsp3) is 0.344. The fourth-order valence-electron chi connectivity index (χ4n) is 4.36. The first-order chi connectivity index (χ1) is 19.1. The highest BCUT2D eigenvalue weighted by Gasteiger charge is 2.36.